The van der Waals surface area contributed by atoms with Crippen molar-refractivity contribution in [2.24, 2.45) is 5.92 Å². The van der Waals surface area contributed by atoms with Gasteiger partial charge in [0.15, 0.2) is 11.9 Å². The summed E-state index contributed by atoms with van der Waals surface area (Å²) < 4.78 is 10.6. The van der Waals surface area contributed by atoms with Crippen LogP contribution in [0.1, 0.15) is 213 Å². The SMILES string of the molecule is CCCCCC(=O)/C=C/C=C\C/C=C\C/C=C\CCCC(=O)O[C@@H](CO)COC(=O)CCCCCCCCCCCCCCCCCCCCC(C)CC. The van der Waals surface area contributed by atoms with Crippen molar-refractivity contribution >= 4 is 17.7 Å². The van der Waals surface area contributed by atoms with Gasteiger partial charge in [-0.1, -0.05) is 198 Å². The maximum atomic E-state index is 12.2. The molecule has 0 amide bonds. The zero-order valence-corrected chi connectivity index (χ0v) is 35.4. The van der Waals surface area contributed by atoms with Gasteiger partial charge >= 0.3 is 11.9 Å². The van der Waals surface area contributed by atoms with Gasteiger partial charge in [-0.25, -0.2) is 0 Å². The Morgan fingerprint density at radius 1 is 0.556 bits per heavy atom. The van der Waals surface area contributed by atoms with Gasteiger partial charge in [0.2, 0.25) is 0 Å². The van der Waals surface area contributed by atoms with E-state index in [0.29, 0.717) is 19.3 Å². The number of allylic oxidation sites excluding steroid dienone is 8. The Bertz CT molecular complexity index is 980. The molecule has 6 heteroatoms. The average molecular weight is 757 g/mol. The van der Waals surface area contributed by atoms with Crippen LogP contribution in [-0.4, -0.2) is 42.1 Å². The molecular formula is C48H84O6. The van der Waals surface area contributed by atoms with Crippen molar-refractivity contribution in [2.75, 3.05) is 13.2 Å². The molecule has 0 saturated carbocycles. The van der Waals surface area contributed by atoms with Crippen LogP contribution in [0.4, 0.5) is 0 Å². The highest BCUT2D eigenvalue weighted by Gasteiger charge is 2.16. The molecule has 2 atom stereocenters. The molecule has 54 heavy (non-hydrogen) atoms. The summed E-state index contributed by atoms with van der Waals surface area (Å²) in [5.41, 5.74) is 0. The number of carbonyl (C=O) groups is 3. The number of carbonyl (C=O) groups excluding carboxylic acids is 3. The Balaban J connectivity index is 3.62. The summed E-state index contributed by atoms with van der Waals surface area (Å²) >= 11 is 0. The van der Waals surface area contributed by atoms with E-state index in [1.807, 2.05) is 24.3 Å². The molecule has 1 unspecified atom stereocenters. The quantitative estimate of drug-likeness (QED) is 0.0220. The van der Waals surface area contributed by atoms with Crippen LogP contribution < -0.4 is 0 Å². The number of rotatable bonds is 40. The molecule has 6 nitrogen and oxygen atoms in total. The van der Waals surface area contributed by atoms with Gasteiger partial charge in [-0.15, -0.1) is 0 Å². The summed E-state index contributed by atoms with van der Waals surface area (Å²) in [4.78, 5) is 36.0. The van der Waals surface area contributed by atoms with Gasteiger partial charge in [0, 0.05) is 19.3 Å². The highest BCUT2D eigenvalue weighted by atomic mass is 16.6. The Hall–Kier alpha value is -2.47. The minimum absolute atomic E-state index is 0.102. The Labute approximate surface area is 333 Å². The largest absolute Gasteiger partial charge is 0.462 e. The van der Waals surface area contributed by atoms with Crippen LogP contribution in [0.3, 0.4) is 0 Å². The molecular weight excluding hydrogens is 673 g/mol. The molecule has 0 rings (SSSR count). The van der Waals surface area contributed by atoms with Crippen molar-refractivity contribution in [2.45, 2.75) is 219 Å². The smallest absolute Gasteiger partial charge is 0.306 e. The average Bonchev–Trinajstić information content (AvgIpc) is 3.17. The van der Waals surface area contributed by atoms with Gasteiger partial charge in [-0.3, -0.25) is 14.4 Å². The van der Waals surface area contributed by atoms with E-state index in [9.17, 15) is 19.5 Å². The second kappa shape index (κ2) is 41.7. The number of aliphatic hydroxyl groups excluding tert-OH is 1. The van der Waals surface area contributed by atoms with E-state index in [1.165, 1.54) is 109 Å². The minimum Gasteiger partial charge on any atom is -0.462 e. The molecule has 0 spiro atoms. The minimum atomic E-state index is -0.818. The first-order chi connectivity index (χ1) is 26.4. The lowest BCUT2D eigenvalue weighted by atomic mass is 9.99. The van der Waals surface area contributed by atoms with E-state index in [1.54, 1.807) is 6.08 Å². The normalized spacial score (nSPS) is 13.1. The zero-order chi connectivity index (χ0) is 39.6. The van der Waals surface area contributed by atoms with Crippen molar-refractivity contribution < 1.29 is 29.0 Å². The van der Waals surface area contributed by atoms with Crippen molar-refractivity contribution in [1.82, 2.24) is 0 Å². The lowest BCUT2D eigenvalue weighted by Gasteiger charge is -2.15. The number of hydrogen-bond acceptors (Lipinski definition) is 6. The summed E-state index contributed by atoms with van der Waals surface area (Å²) in [6.07, 6.45) is 48.8. The van der Waals surface area contributed by atoms with Gasteiger partial charge in [0.05, 0.1) is 6.61 Å². The maximum Gasteiger partial charge on any atom is 0.306 e. The van der Waals surface area contributed by atoms with Crippen molar-refractivity contribution in [3.8, 4) is 0 Å². The van der Waals surface area contributed by atoms with Crippen LogP contribution in [0.25, 0.3) is 0 Å². The monoisotopic (exact) mass is 757 g/mol. The number of aliphatic hydroxyl groups is 1. The predicted molar refractivity (Wildman–Crippen MR) is 229 cm³/mol. The van der Waals surface area contributed by atoms with Crippen LogP contribution >= 0.6 is 0 Å². The van der Waals surface area contributed by atoms with Gasteiger partial charge < -0.3 is 14.6 Å². The number of hydrogen-bond donors (Lipinski definition) is 1. The molecule has 0 aliphatic heterocycles. The lowest BCUT2D eigenvalue weighted by molar-refractivity contribution is -0.161. The molecule has 0 saturated heterocycles. The summed E-state index contributed by atoms with van der Waals surface area (Å²) in [6.45, 7) is 6.34. The molecule has 312 valence electrons. The first-order valence-corrected chi connectivity index (χ1v) is 22.5. The molecule has 1 N–H and O–H groups in total. The fourth-order valence-corrected chi connectivity index (χ4v) is 6.30. The van der Waals surface area contributed by atoms with Gasteiger partial charge in [0.1, 0.15) is 6.61 Å². The molecule has 0 radical (unpaired) electrons. The molecule has 0 aliphatic carbocycles. The lowest BCUT2D eigenvalue weighted by Crippen LogP contribution is -2.28. The molecule has 0 bridgehead atoms. The van der Waals surface area contributed by atoms with Gasteiger partial charge in [0.25, 0.3) is 0 Å². The summed E-state index contributed by atoms with van der Waals surface area (Å²) in [5, 5.41) is 9.57. The number of ether oxygens (including phenoxy) is 2. The third kappa shape index (κ3) is 39.2. The maximum absolute atomic E-state index is 12.2. The molecule has 0 aliphatic rings. The van der Waals surface area contributed by atoms with E-state index in [4.69, 9.17) is 9.47 Å². The van der Waals surface area contributed by atoms with Crippen LogP contribution in [0, 0.1) is 5.92 Å². The molecule has 0 fully saturated rings. The van der Waals surface area contributed by atoms with Crippen molar-refractivity contribution in [1.29, 1.82) is 0 Å². The van der Waals surface area contributed by atoms with Crippen molar-refractivity contribution in [3.05, 3.63) is 48.6 Å². The number of esters is 2. The summed E-state index contributed by atoms with van der Waals surface area (Å²) in [6, 6.07) is 0. The van der Waals surface area contributed by atoms with Crippen LogP contribution in [-0.2, 0) is 23.9 Å². The van der Waals surface area contributed by atoms with E-state index < -0.39 is 6.10 Å². The third-order valence-corrected chi connectivity index (χ3v) is 10.1. The first-order valence-electron chi connectivity index (χ1n) is 22.5. The Kier molecular flexibility index (Phi) is 39.8. The summed E-state index contributed by atoms with van der Waals surface area (Å²) in [7, 11) is 0. The van der Waals surface area contributed by atoms with Crippen LogP contribution in [0.5, 0.6) is 0 Å². The van der Waals surface area contributed by atoms with E-state index in [-0.39, 0.29) is 37.4 Å². The fraction of sp³-hybridized carbons (Fsp3) is 0.771. The highest BCUT2D eigenvalue weighted by molar-refractivity contribution is 5.89. The Morgan fingerprint density at radius 3 is 1.61 bits per heavy atom. The Morgan fingerprint density at radius 2 is 1.06 bits per heavy atom. The third-order valence-electron chi connectivity index (χ3n) is 10.1. The fourth-order valence-electron chi connectivity index (χ4n) is 6.30. The summed E-state index contributed by atoms with van der Waals surface area (Å²) in [5.74, 6) is 0.411. The number of unbranched alkanes of at least 4 members (excludes halogenated alkanes) is 20. The van der Waals surface area contributed by atoms with E-state index in [0.717, 1.165) is 63.7 Å². The van der Waals surface area contributed by atoms with E-state index in [2.05, 4.69) is 39.0 Å². The molecule has 0 aromatic heterocycles. The van der Waals surface area contributed by atoms with Crippen LogP contribution in [0.2, 0.25) is 0 Å². The molecule has 0 heterocycles. The zero-order valence-electron chi connectivity index (χ0n) is 35.4. The second-order valence-electron chi connectivity index (χ2n) is 15.4. The topological polar surface area (TPSA) is 89.9 Å². The highest BCUT2D eigenvalue weighted by Crippen LogP contribution is 2.17. The van der Waals surface area contributed by atoms with Crippen LogP contribution in [0.15, 0.2) is 48.6 Å². The first kappa shape index (κ1) is 51.5. The standard InChI is InChI=1S/C48H84O6/c1-4-6-32-38-45(50)39-34-29-25-21-17-15-19-23-27-31-36-41-48(52)54-46(42-49)43-53-47(51)40-35-30-26-22-18-14-12-10-8-7-9-11-13-16-20-24-28-33-37-44(3)5-2/h15,17,23,25,27,29,34,39,44,46,49H,4-14,16,18-22,24,26,28,30-33,35-38,40-43H2,1-3H3/b17-15-,27-23-,29-25-,39-34+/t44?,46-/m0/s1. The predicted octanol–water partition coefficient (Wildman–Crippen LogP) is 13.6. The van der Waals surface area contributed by atoms with Gasteiger partial charge in [-0.05, 0) is 50.5 Å². The molecule has 0 aromatic rings. The second-order valence-corrected chi connectivity index (χ2v) is 15.4. The van der Waals surface area contributed by atoms with Gasteiger partial charge in [-0.2, -0.15) is 0 Å². The molecule has 0 aromatic carbocycles. The van der Waals surface area contributed by atoms with E-state index >= 15 is 0 Å². The van der Waals surface area contributed by atoms with Crippen molar-refractivity contribution in [3.63, 3.8) is 0 Å². The number of ketones is 1.